The molecule has 3 unspecified atom stereocenters. The van der Waals surface area contributed by atoms with E-state index in [0.717, 1.165) is 19.3 Å². The Morgan fingerprint density at radius 3 is 2.88 bits per heavy atom. The normalized spacial score (nSPS) is 21.4. The number of carbonyl (C=O) groups excluding carboxylic acids is 1. The van der Waals surface area contributed by atoms with E-state index in [1.54, 1.807) is 4.57 Å². The van der Waals surface area contributed by atoms with Crippen molar-refractivity contribution in [3.8, 4) is 0 Å². The molecule has 0 radical (unpaired) electrons. The van der Waals surface area contributed by atoms with Crippen molar-refractivity contribution in [1.29, 1.82) is 0 Å². The molecular weight excluding hydrogens is 549 g/mol. The van der Waals surface area contributed by atoms with Crippen LogP contribution in [0.25, 0.3) is 11.2 Å². The second-order valence-electron chi connectivity index (χ2n) is 9.34. The molecule has 226 valence electrons. The van der Waals surface area contributed by atoms with E-state index >= 15 is 0 Å². The maximum atomic E-state index is 12.6. The minimum Gasteiger partial charge on any atom is -0.388 e. The number of nitrogens with zero attached hydrogens (tertiary/aromatic N) is 4. The molecule has 2 aromatic rings. The molecule has 1 amide bonds. The average Bonchev–Trinajstić information content (AvgIpc) is 3.52. The van der Waals surface area contributed by atoms with E-state index in [1.807, 2.05) is 0 Å². The molecule has 1 aliphatic heterocycles. The van der Waals surface area contributed by atoms with E-state index in [4.69, 9.17) is 34.7 Å². The Hall–Kier alpha value is -2.27. The van der Waals surface area contributed by atoms with E-state index in [-0.39, 0.29) is 38.0 Å². The van der Waals surface area contributed by atoms with Gasteiger partial charge in [0.15, 0.2) is 11.5 Å². The number of methoxy groups -OCH3 is 1. The van der Waals surface area contributed by atoms with Crippen molar-refractivity contribution in [2.45, 2.75) is 63.1 Å². The number of aromatic nitrogens is 4. The molecule has 3 rings (SSSR count). The highest BCUT2D eigenvalue weighted by Gasteiger charge is 2.42. The molecule has 17 heteroatoms. The predicted molar refractivity (Wildman–Crippen MR) is 143 cm³/mol. The number of anilines is 1. The smallest absolute Gasteiger partial charge is 0.388 e. The van der Waals surface area contributed by atoms with Gasteiger partial charge in [0.1, 0.15) is 36.4 Å². The van der Waals surface area contributed by atoms with Crippen molar-refractivity contribution in [2.24, 2.45) is 5.73 Å². The largest absolute Gasteiger partial charge is 0.472 e. The van der Waals surface area contributed by atoms with Gasteiger partial charge in [-0.2, -0.15) is 0 Å². The topological polar surface area (TPSA) is 228 Å². The number of nitrogens with two attached hydrogens (primary N) is 2. The van der Waals surface area contributed by atoms with Gasteiger partial charge in [-0.05, 0) is 25.8 Å². The van der Waals surface area contributed by atoms with Crippen LogP contribution in [0.3, 0.4) is 0 Å². The third-order valence-electron chi connectivity index (χ3n) is 6.11. The number of nitrogen functional groups attached to an aromatic ring is 1. The molecule has 0 bridgehead atoms. The highest BCUT2D eigenvalue weighted by atomic mass is 31.2. The van der Waals surface area contributed by atoms with Crippen molar-refractivity contribution >= 4 is 30.7 Å². The molecule has 16 nitrogen and oxygen atoms in total. The number of hydrogen-bond donors (Lipinski definition) is 5. The first-order chi connectivity index (χ1) is 19.2. The summed E-state index contributed by atoms with van der Waals surface area (Å²) in [6.07, 6.45) is 3.31. The first-order valence-electron chi connectivity index (χ1n) is 13.2. The number of rotatable bonds is 19. The summed E-state index contributed by atoms with van der Waals surface area (Å²) in [5.41, 5.74) is 12.1. The number of carbonyl (C=O) groups is 1. The van der Waals surface area contributed by atoms with Gasteiger partial charge in [-0.1, -0.05) is 6.42 Å². The first kappa shape index (κ1) is 32.2. The van der Waals surface area contributed by atoms with Gasteiger partial charge in [0.05, 0.1) is 26.1 Å². The molecule has 1 aliphatic rings. The number of phosphoric acid groups is 1. The Balaban J connectivity index is 1.38. The van der Waals surface area contributed by atoms with Gasteiger partial charge >= 0.3 is 7.82 Å². The van der Waals surface area contributed by atoms with Crippen molar-refractivity contribution < 1.29 is 42.6 Å². The van der Waals surface area contributed by atoms with Gasteiger partial charge in [0.25, 0.3) is 0 Å². The summed E-state index contributed by atoms with van der Waals surface area (Å²) in [6, 6.07) is 0. The summed E-state index contributed by atoms with van der Waals surface area (Å²) in [5, 5.41) is 12.9. The van der Waals surface area contributed by atoms with Crippen LogP contribution in [0.4, 0.5) is 5.82 Å². The van der Waals surface area contributed by atoms with Crippen LogP contribution in [0.2, 0.25) is 0 Å². The molecular formula is C23H40N7O9P. The summed E-state index contributed by atoms with van der Waals surface area (Å²) in [7, 11) is -3.10. The van der Waals surface area contributed by atoms with Crippen LogP contribution >= 0.6 is 7.82 Å². The highest BCUT2D eigenvalue weighted by molar-refractivity contribution is 7.47. The highest BCUT2D eigenvalue weighted by Crippen LogP contribution is 2.48. The molecule has 0 aromatic carbocycles. The van der Waals surface area contributed by atoms with Crippen molar-refractivity contribution in [1.82, 2.24) is 24.8 Å². The summed E-state index contributed by atoms with van der Waals surface area (Å²) in [5.74, 6) is 0.197. The summed E-state index contributed by atoms with van der Waals surface area (Å²) >= 11 is 0. The Morgan fingerprint density at radius 2 is 2.10 bits per heavy atom. The van der Waals surface area contributed by atoms with Gasteiger partial charge < -0.3 is 41.0 Å². The number of fused-ring (bicyclic) bond motifs is 1. The van der Waals surface area contributed by atoms with Gasteiger partial charge in [-0.25, -0.2) is 19.5 Å². The lowest BCUT2D eigenvalue weighted by Gasteiger charge is -2.21. The molecule has 0 aliphatic carbocycles. The average molecular weight is 590 g/mol. The van der Waals surface area contributed by atoms with Crippen LogP contribution in [0.15, 0.2) is 12.7 Å². The van der Waals surface area contributed by atoms with Gasteiger partial charge in [-0.3, -0.25) is 18.4 Å². The first-order valence-corrected chi connectivity index (χ1v) is 14.7. The SMILES string of the molecule is COCC1O[C@@H](n2cnc3c(N)ncnc32)C[C@H]1OP(=O)(O)OCC(O)COCCCNC(=O)CCCCCN. The summed E-state index contributed by atoms with van der Waals surface area (Å²) in [6.45, 7) is 0.854. The number of imidazole rings is 1. The third-order valence-corrected chi connectivity index (χ3v) is 7.13. The van der Waals surface area contributed by atoms with Crippen molar-refractivity contribution in [3.05, 3.63) is 12.7 Å². The second kappa shape index (κ2) is 16.2. The number of hydrogen-bond acceptors (Lipinski definition) is 13. The molecule has 1 fully saturated rings. The number of nitrogens with one attached hydrogen (secondary N) is 1. The minimum absolute atomic E-state index is 0.0204. The maximum Gasteiger partial charge on any atom is 0.472 e. The Morgan fingerprint density at radius 1 is 1.27 bits per heavy atom. The van der Waals surface area contributed by atoms with Crippen LogP contribution in [-0.2, 0) is 32.6 Å². The van der Waals surface area contributed by atoms with Crippen LogP contribution in [0.5, 0.6) is 0 Å². The van der Waals surface area contributed by atoms with Crippen LogP contribution in [-0.4, -0.2) is 100 Å². The van der Waals surface area contributed by atoms with Crippen LogP contribution in [0.1, 0.15) is 44.8 Å². The summed E-state index contributed by atoms with van der Waals surface area (Å²) < 4.78 is 41.2. The van der Waals surface area contributed by atoms with Gasteiger partial charge in [-0.15, -0.1) is 0 Å². The molecule has 3 heterocycles. The van der Waals surface area contributed by atoms with E-state index in [0.29, 0.717) is 37.1 Å². The lowest BCUT2D eigenvalue weighted by molar-refractivity contribution is -0.121. The van der Waals surface area contributed by atoms with E-state index in [1.165, 1.54) is 19.8 Å². The molecule has 5 atom stereocenters. The molecule has 7 N–H and O–H groups in total. The lowest BCUT2D eigenvalue weighted by atomic mass is 10.2. The van der Waals surface area contributed by atoms with Gasteiger partial charge in [0, 0.05) is 33.1 Å². The molecule has 1 saturated heterocycles. The predicted octanol–water partition coefficient (Wildman–Crippen LogP) is 0.248. The number of amides is 1. The summed E-state index contributed by atoms with van der Waals surface area (Å²) in [4.78, 5) is 34.3. The second-order valence-corrected chi connectivity index (χ2v) is 10.7. The quantitative estimate of drug-likeness (QED) is 0.109. The van der Waals surface area contributed by atoms with Crippen molar-refractivity contribution in [3.63, 3.8) is 0 Å². The van der Waals surface area contributed by atoms with E-state index < -0.39 is 39.0 Å². The molecule has 40 heavy (non-hydrogen) atoms. The molecule has 2 aromatic heterocycles. The third kappa shape index (κ3) is 9.98. The zero-order valence-corrected chi connectivity index (χ0v) is 23.5. The van der Waals surface area contributed by atoms with Crippen LogP contribution in [0, 0.1) is 0 Å². The number of ether oxygens (including phenoxy) is 3. The van der Waals surface area contributed by atoms with Crippen LogP contribution < -0.4 is 16.8 Å². The fourth-order valence-corrected chi connectivity index (χ4v) is 5.11. The fraction of sp³-hybridized carbons (Fsp3) is 0.739. The number of aliphatic hydroxyl groups is 1. The standard InChI is InChI=1S/C23H40N7O9P/c1-35-13-18-17(10-20(38-18)30-15-29-21-22(25)27-14-28-23(21)30)39-40(33,34)37-12-16(31)11-36-9-5-8-26-19(32)6-3-2-4-7-24/h14-18,20,31H,2-13,24H2,1H3,(H,26,32)(H,33,34)(H2,25,27,28)/t16?,17-,18?,20-/m1/s1. The lowest BCUT2D eigenvalue weighted by Crippen LogP contribution is -2.29. The molecule has 0 saturated carbocycles. The Bertz CT molecular complexity index is 1110. The zero-order valence-electron chi connectivity index (χ0n) is 22.6. The van der Waals surface area contributed by atoms with Gasteiger partial charge in [0.2, 0.25) is 5.91 Å². The Kier molecular flexibility index (Phi) is 13.1. The Labute approximate surface area is 232 Å². The monoisotopic (exact) mass is 589 g/mol. The molecule has 0 spiro atoms. The van der Waals surface area contributed by atoms with Crippen molar-refractivity contribution in [2.75, 3.05) is 52.4 Å². The van der Waals surface area contributed by atoms with E-state index in [2.05, 4.69) is 20.3 Å². The van der Waals surface area contributed by atoms with E-state index in [9.17, 15) is 19.4 Å². The maximum absolute atomic E-state index is 12.6. The number of aliphatic hydroxyl groups excluding tert-OH is 1. The fourth-order valence-electron chi connectivity index (χ4n) is 4.12. The zero-order chi connectivity index (χ0) is 29.0. The minimum atomic E-state index is -4.57. The number of unbranched alkanes of at least 4 members (excludes halogenated alkanes) is 2. The number of phosphoric ester groups is 1.